The Hall–Kier alpha value is -2.95. The van der Waals surface area contributed by atoms with Crippen LogP contribution >= 0.6 is 0 Å². The van der Waals surface area contributed by atoms with E-state index in [0.717, 1.165) is 20.1 Å². The molecular weight excluding hydrogens is 425 g/mol. The summed E-state index contributed by atoms with van der Waals surface area (Å²) in [5, 5.41) is 0. The van der Waals surface area contributed by atoms with Gasteiger partial charge in [-0.2, -0.15) is 17.6 Å². The molecule has 0 saturated carbocycles. The Kier molecular flexibility index (Phi) is 4.84. The summed E-state index contributed by atoms with van der Waals surface area (Å²) in [5.74, 6) is -5.40. The Morgan fingerprint density at radius 3 is 2.55 bits per heavy atom. The Morgan fingerprint density at radius 2 is 1.94 bits per heavy atom. The van der Waals surface area contributed by atoms with Gasteiger partial charge >= 0.3 is 6.18 Å². The van der Waals surface area contributed by atoms with Gasteiger partial charge in [-0.05, 0) is 19.1 Å². The fourth-order valence-electron chi connectivity index (χ4n) is 4.15. The molecule has 2 N–H and O–H groups in total. The minimum absolute atomic E-state index is 0.00115. The van der Waals surface area contributed by atoms with Gasteiger partial charge in [-0.3, -0.25) is 4.79 Å². The predicted molar refractivity (Wildman–Crippen MR) is 99.8 cm³/mol. The number of aromatic amines is 2. The van der Waals surface area contributed by atoms with Gasteiger partial charge in [-0.1, -0.05) is 13.0 Å². The van der Waals surface area contributed by atoms with Crippen molar-refractivity contribution in [1.29, 1.82) is 0 Å². The van der Waals surface area contributed by atoms with Crippen molar-refractivity contribution in [2.45, 2.75) is 37.6 Å². The number of rotatable bonds is 3. The number of fused-ring (bicyclic) bond motifs is 1. The lowest BCUT2D eigenvalue weighted by Gasteiger charge is -2.32. The number of nitrogens with zero attached hydrogens (tertiary/aromatic N) is 1. The van der Waals surface area contributed by atoms with E-state index in [1.54, 1.807) is 0 Å². The molecule has 3 aromatic rings. The maximum Gasteiger partial charge on any atom is 0.417 e. The van der Waals surface area contributed by atoms with Crippen LogP contribution in [-0.4, -0.2) is 33.8 Å². The minimum Gasteiger partial charge on any atom is -0.493 e. The van der Waals surface area contributed by atoms with E-state index in [1.807, 2.05) is 0 Å². The largest absolute Gasteiger partial charge is 0.493 e. The van der Waals surface area contributed by atoms with E-state index in [4.69, 9.17) is 9.47 Å². The third-order valence-corrected chi connectivity index (χ3v) is 6.01. The van der Waals surface area contributed by atoms with Crippen LogP contribution in [0.4, 0.5) is 22.0 Å². The fourth-order valence-corrected chi connectivity index (χ4v) is 4.15. The zero-order valence-electron chi connectivity index (χ0n) is 16.6. The normalized spacial score (nSPS) is 26.5. The Balaban J connectivity index is 1.94. The lowest BCUT2D eigenvalue weighted by molar-refractivity contribution is -0.275. The second-order valence-electron chi connectivity index (χ2n) is 7.63. The number of pyridine rings is 1. The first-order valence-electron chi connectivity index (χ1n) is 9.33. The Labute approximate surface area is 172 Å². The molecule has 11 heteroatoms. The maximum absolute atomic E-state index is 14.4. The summed E-state index contributed by atoms with van der Waals surface area (Å²) >= 11 is 0. The molecule has 0 amide bonds. The average Bonchev–Trinajstić information content (AvgIpc) is 3.25. The van der Waals surface area contributed by atoms with Gasteiger partial charge in [0.15, 0.2) is 22.7 Å². The highest BCUT2D eigenvalue weighted by Crippen LogP contribution is 2.59. The van der Waals surface area contributed by atoms with Crippen LogP contribution in [-0.2, 0) is 4.74 Å². The third-order valence-electron chi connectivity index (χ3n) is 6.01. The van der Waals surface area contributed by atoms with E-state index in [9.17, 15) is 26.7 Å². The van der Waals surface area contributed by atoms with Crippen molar-refractivity contribution in [2.24, 2.45) is 5.92 Å². The minimum atomic E-state index is -4.77. The van der Waals surface area contributed by atoms with Gasteiger partial charge in [0.1, 0.15) is 11.9 Å². The van der Waals surface area contributed by atoms with Crippen molar-refractivity contribution in [3.8, 4) is 5.75 Å². The second kappa shape index (κ2) is 7.04. The number of hydrogen-bond acceptors (Lipinski definition) is 4. The number of H-pyrrole nitrogens is 2. The fraction of sp³-hybridized carbons (Fsp3) is 0.400. The van der Waals surface area contributed by atoms with Gasteiger partial charge in [0.05, 0.1) is 12.6 Å². The van der Waals surface area contributed by atoms with E-state index in [2.05, 4.69) is 15.0 Å². The molecule has 31 heavy (non-hydrogen) atoms. The second-order valence-corrected chi connectivity index (χ2v) is 7.63. The van der Waals surface area contributed by atoms with Crippen LogP contribution in [0.5, 0.6) is 5.75 Å². The highest BCUT2D eigenvalue weighted by atomic mass is 19.4. The summed E-state index contributed by atoms with van der Waals surface area (Å²) in [7, 11) is 1.10. The van der Waals surface area contributed by atoms with Gasteiger partial charge in [-0.25, -0.2) is 9.37 Å². The average molecular weight is 443 g/mol. The summed E-state index contributed by atoms with van der Waals surface area (Å²) < 4.78 is 80.6. The van der Waals surface area contributed by atoms with Crippen molar-refractivity contribution in [2.75, 3.05) is 7.11 Å². The molecule has 1 fully saturated rings. The van der Waals surface area contributed by atoms with E-state index < -0.39 is 52.7 Å². The number of ether oxygens (including phenoxy) is 2. The number of halogens is 5. The van der Waals surface area contributed by atoms with Gasteiger partial charge in [0.2, 0.25) is 5.82 Å². The van der Waals surface area contributed by atoms with Crippen LogP contribution in [0.25, 0.3) is 11.0 Å². The smallest absolute Gasteiger partial charge is 0.417 e. The predicted octanol–water partition coefficient (Wildman–Crippen LogP) is 4.35. The molecule has 0 unspecified atom stereocenters. The lowest BCUT2D eigenvalue weighted by Crippen LogP contribution is -2.46. The quantitative estimate of drug-likeness (QED) is 0.590. The van der Waals surface area contributed by atoms with Gasteiger partial charge in [0.25, 0.3) is 5.56 Å². The molecule has 6 nitrogen and oxygen atoms in total. The SMILES string of the molecule is COc1c([C@H]2[C@H](c3nc4c(=O)[nH]ccc4[nH]3)O[C@@](C)(C(F)(F)F)[C@H]2C)ccc(F)c1F. The number of hydrogen-bond donors (Lipinski definition) is 2. The summed E-state index contributed by atoms with van der Waals surface area (Å²) in [6.07, 6.45) is -4.75. The number of benzene rings is 1. The molecule has 1 saturated heterocycles. The van der Waals surface area contributed by atoms with Crippen molar-refractivity contribution in [3.05, 3.63) is 57.8 Å². The molecule has 0 spiro atoms. The van der Waals surface area contributed by atoms with Crippen LogP contribution < -0.4 is 10.3 Å². The number of imidazole rings is 1. The van der Waals surface area contributed by atoms with Gasteiger partial charge in [0, 0.05) is 23.6 Å². The Morgan fingerprint density at radius 1 is 1.23 bits per heavy atom. The van der Waals surface area contributed by atoms with Crippen LogP contribution in [0.15, 0.2) is 29.2 Å². The van der Waals surface area contributed by atoms with Crippen LogP contribution in [0.1, 0.15) is 37.3 Å². The molecule has 0 bridgehead atoms. The molecule has 0 radical (unpaired) electrons. The van der Waals surface area contributed by atoms with Crippen LogP contribution in [0.2, 0.25) is 0 Å². The summed E-state index contributed by atoms with van der Waals surface area (Å²) in [6.45, 7) is 2.21. The first-order valence-corrected chi connectivity index (χ1v) is 9.33. The zero-order chi connectivity index (χ0) is 22.7. The lowest BCUT2D eigenvalue weighted by atomic mass is 9.77. The highest BCUT2D eigenvalue weighted by Gasteiger charge is 2.65. The van der Waals surface area contributed by atoms with Crippen molar-refractivity contribution >= 4 is 11.0 Å². The molecule has 0 aliphatic carbocycles. The molecular formula is C20H18F5N3O3. The summed E-state index contributed by atoms with van der Waals surface area (Å²) in [5.41, 5.74) is -2.87. The topological polar surface area (TPSA) is 80.0 Å². The number of alkyl halides is 3. The third kappa shape index (κ3) is 3.10. The summed E-state index contributed by atoms with van der Waals surface area (Å²) in [6, 6.07) is 3.50. The number of nitrogens with one attached hydrogen (secondary N) is 2. The van der Waals surface area contributed by atoms with Crippen molar-refractivity contribution < 1.29 is 31.4 Å². The molecule has 1 aliphatic heterocycles. The van der Waals surface area contributed by atoms with Crippen LogP contribution in [0.3, 0.4) is 0 Å². The monoisotopic (exact) mass is 443 g/mol. The highest BCUT2D eigenvalue weighted by molar-refractivity contribution is 5.73. The molecule has 1 aromatic carbocycles. The number of aromatic nitrogens is 3. The molecule has 166 valence electrons. The molecule has 2 aromatic heterocycles. The maximum atomic E-state index is 14.4. The number of methoxy groups -OCH3 is 1. The molecule has 1 aliphatic rings. The first kappa shape index (κ1) is 21.3. The van der Waals surface area contributed by atoms with Gasteiger partial charge in [-0.15, -0.1) is 0 Å². The van der Waals surface area contributed by atoms with Gasteiger partial charge < -0.3 is 19.4 Å². The van der Waals surface area contributed by atoms with E-state index >= 15 is 0 Å². The van der Waals surface area contributed by atoms with Crippen molar-refractivity contribution in [1.82, 2.24) is 15.0 Å². The molecule has 4 rings (SSSR count). The molecule has 3 heterocycles. The summed E-state index contributed by atoms with van der Waals surface area (Å²) in [4.78, 5) is 21.4. The molecule has 4 atom stereocenters. The van der Waals surface area contributed by atoms with E-state index in [-0.39, 0.29) is 16.9 Å². The first-order chi connectivity index (χ1) is 14.5. The standard InChI is InChI=1S/C20H18F5N3O3/c1-8-12(9-4-5-10(21)13(22)15(9)30-3)16(31-19(8,2)20(23,24)25)17-27-11-6-7-26-18(29)14(11)28-17/h4-8,12,16H,1-3H3,(H,26,29)(H,27,28)/t8-,12-,16+,19+/m0/s1. The van der Waals surface area contributed by atoms with Crippen molar-refractivity contribution in [3.63, 3.8) is 0 Å². The van der Waals surface area contributed by atoms with Crippen LogP contribution in [0, 0.1) is 17.6 Å². The van der Waals surface area contributed by atoms with E-state index in [0.29, 0.717) is 5.52 Å². The van der Waals surface area contributed by atoms with E-state index in [1.165, 1.54) is 25.3 Å². The zero-order valence-corrected chi connectivity index (χ0v) is 16.6. The Bertz CT molecular complexity index is 1200.